The van der Waals surface area contributed by atoms with E-state index in [0.717, 1.165) is 5.69 Å². The van der Waals surface area contributed by atoms with Crippen molar-refractivity contribution in [2.24, 2.45) is 0 Å². The highest BCUT2D eigenvalue weighted by Gasteiger charge is 2.07. The number of hydrogen-bond donors (Lipinski definition) is 1. The summed E-state index contributed by atoms with van der Waals surface area (Å²) < 4.78 is 13.1. The van der Waals surface area contributed by atoms with E-state index in [1.54, 1.807) is 24.3 Å². The molecule has 0 atom stereocenters. The Kier molecular flexibility index (Phi) is 3.72. The van der Waals surface area contributed by atoms with Crippen molar-refractivity contribution in [2.45, 2.75) is 6.54 Å². The average Bonchev–Trinajstić information content (AvgIpc) is 2.34. The number of phenols is 1. The van der Waals surface area contributed by atoms with Crippen LogP contribution < -0.4 is 4.90 Å². The van der Waals surface area contributed by atoms with Crippen molar-refractivity contribution in [2.75, 3.05) is 11.9 Å². The van der Waals surface area contributed by atoms with Crippen molar-refractivity contribution >= 4 is 17.3 Å². The number of hydrogen-bond acceptors (Lipinski definition) is 2. The Morgan fingerprint density at radius 2 is 2.00 bits per heavy atom. The summed E-state index contributed by atoms with van der Waals surface area (Å²) in [6.45, 7) is 0.454. The summed E-state index contributed by atoms with van der Waals surface area (Å²) in [4.78, 5) is 1.84. The zero-order chi connectivity index (χ0) is 13.1. The molecule has 2 aromatic carbocycles. The summed E-state index contributed by atoms with van der Waals surface area (Å²) in [6.07, 6.45) is 0. The minimum absolute atomic E-state index is 0.183. The molecule has 0 bridgehead atoms. The number of anilines is 1. The van der Waals surface area contributed by atoms with E-state index in [1.165, 1.54) is 12.1 Å². The number of phenolic OH excluding ortho intramolecular Hbond substituents is 1. The monoisotopic (exact) mass is 265 g/mol. The summed E-state index contributed by atoms with van der Waals surface area (Å²) in [5, 5.41) is 10.3. The SMILES string of the molecule is CN(Cc1cc(Cl)ccc1O)c1cccc(F)c1. The fourth-order valence-electron chi connectivity index (χ4n) is 1.74. The Bertz CT molecular complexity index is 559. The maximum absolute atomic E-state index is 13.1. The second-order valence-electron chi connectivity index (χ2n) is 4.11. The molecule has 2 aromatic rings. The molecule has 0 spiro atoms. The van der Waals surface area contributed by atoms with Crippen LogP contribution in [0.15, 0.2) is 42.5 Å². The molecule has 0 fully saturated rings. The van der Waals surface area contributed by atoms with Gasteiger partial charge >= 0.3 is 0 Å². The summed E-state index contributed by atoms with van der Waals surface area (Å²) in [6, 6.07) is 11.2. The van der Waals surface area contributed by atoms with Crippen molar-refractivity contribution in [3.05, 3.63) is 58.9 Å². The minimum Gasteiger partial charge on any atom is -0.508 e. The van der Waals surface area contributed by atoms with Gasteiger partial charge in [-0.2, -0.15) is 0 Å². The number of rotatable bonds is 3. The highest BCUT2D eigenvalue weighted by molar-refractivity contribution is 6.30. The van der Waals surface area contributed by atoms with Gasteiger partial charge in [-0.25, -0.2) is 4.39 Å². The van der Waals surface area contributed by atoms with Gasteiger partial charge in [0, 0.05) is 29.9 Å². The van der Waals surface area contributed by atoms with Gasteiger partial charge in [-0.1, -0.05) is 17.7 Å². The first-order valence-corrected chi connectivity index (χ1v) is 5.88. The van der Waals surface area contributed by atoms with E-state index in [9.17, 15) is 9.50 Å². The first kappa shape index (κ1) is 12.7. The van der Waals surface area contributed by atoms with Gasteiger partial charge < -0.3 is 10.0 Å². The van der Waals surface area contributed by atoms with E-state index >= 15 is 0 Å². The average molecular weight is 266 g/mol. The van der Waals surface area contributed by atoms with Gasteiger partial charge in [0.2, 0.25) is 0 Å². The molecular weight excluding hydrogens is 253 g/mol. The Labute approximate surface area is 110 Å². The van der Waals surface area contributed by atoms with Crippen LogP contribution in [0, 0.1) is 5.82 Å². The van der Waals surface area contributed by atoms with Gasteiger partial charge in [0.15, 0.2) is 0 Å². The van der Waals surface area contributed by atoms with Crippen molar-refractivity contribution in [3.8, 4) is 5.75 Å². The van der Waals surface area contributed by atoms with Gasteiger partial charge in [-0.3, -0.25) is 0 Å². The smallest absolute Gasteiger partial charge is 0.125 e. The largest absolute Gasteiger partial charge is 0.508 e. The first-order chi connectivity index (χ1) is 8.56. The van der Waals surface area contributed by atoms with Crippen LogP contribution in [0.3, 0.4) is 0 Å². The summed E-state index contributed by atoms with van der Waals surface area (Å²) >= 11 is 5.88. The molecule has 94 valence electrons. The lowest BCUT2D eigenvalue weighted by atomic mass is 10.2. The standard InChI is InChI=1S/C14H13ClFNO/c1-17(13-4-2-3-12(16)8-13)9-10-7-11(15)5-6-14(10)18/h2-8,18H,9H2,1H3. The topological polar surface area (TPSA) is 23.5 Å². The predicted molar refractivity (Wildman–Crippen MR) is 71.6 cm³/mol. The Balaban J connectivity index is 2.21. The summed E-state index contributed by atoms with van der Waals surface area (Å²) in [5.41, 5.74) is 1.45. The van der Waals surface area contributed by atoms with E-state index in [-0.39, 0.29) is 11.6 Å². The van der Waals surface area contributed by atoms with Gasteiger partial charge in [-0.05, 0) is 36.4 Å². The molecular formula is C14H13ClFNO. The van der Waals surface area contributed by atoms with Crippen molar-refractivity contribution in [3.63, 3.8) is 0 Å². The summed E-state index contributed by atoms with van der Waals surface area (Å²) in [5.74, 6) is -0.0997. The molecule has 0 saturated carbocycles. The Morgan fingerprint density at radius 1 is 1.22 bits per heavy atom. The lowest BCUT2D eigenvalue weighted by molar-refractivity contribution is 0.468. The molecule has 0 radical (unpaired) electrons. The third-order valence-corrected chi connectivity index (χ3v) is 2.93. The molecule has 0 aromatic heterocycles. The van der Waals surface area contributed by atoms with E-state index in [2.05, 4.69) is 0 Å². The van der Waals surface area contributed by atoms with Crippen LogP contribution >= 0.6 is 11.6 Å². The van der Waals surface area contributed by atoms with E-state index in [0.29, 0.717) is 17.1 Å². The quantitative estimate of drug-likeness (QED) is 0.912. The lowest BCUT2D eigenvalue weighted by Crippen LogP contribution is -2.16. The van der Waals surface area contributed by atoms with Crippen LogP contribution in [-0.4, -0.2) is 12.2 Å². The van der Waals surface area contributed by atoms with Crippen LogP contribution in [0.25, 0.3) is 0 Å². The van der Waals surface area contributed by atoms with E-state index in [4.69, 9.17) is 11.6 Å². The van der Waals surface area contributed by atoms with Crippen LogP contribution in [0.5, 0.6) is 5.75 Å². The molecule has 18 heavy (non-hydrogen) atoms. The highest BCUT2D eigenvalue weighted by Crippen LogP contribution is 2.24. The molecule has 2 rings (SSSR count). The molecule has 4 heteroatoms. The van der Waals surface area contributed by atoms with E-state index in [1.807, 2.05) is 18.0 Å². The second-order valence-corrected chi connectivity index (χ2v) is 4.55. The maximum atomic E-state index is 13.1. The van der Waals surface area contributed by atoms with Gasteiger partial charge in [-0.15, -0.1) is 0 Å². The zero-order valence-corrected chi connectivity index (χ0v) is 10.7. The third-order valence-electron chi connectivity index (χ3n) is 2.70. The Morgan fingerprint density at radius 3 is 2.72 bits per heavy atom. The van der Waals surface area contributed by atoms with Crippen molar-refractivity contribution in [1.82, 2.24) is 0 Å². The zero-order valence-electron chi connectivity index (χ0n) is 9.90. The molecule has 0 aliphatic carbocycles. The third kappa shape index (κ3) is 2.93. The van der Waals surface area contributed by atoms with Crippen molar-refractivity contribution < 1.29 is 9.50 Å². The van der Waals surface area contributed by atoms with Gasteiger partial charge in [0.1, 0.15) is 11.6 Å². The number of halogens is 2. The fourth-order valence-corrected chi connectivity index (χ4v) is 1.94. The molecule has 0 saturated heterocycles. The predicted octanol–water partition coefficient (Wildman–Crippen LogP) is 3.82. The second kappa shape index (κ2) is 5.27. The molecule has 0 amide bonds. The van der Waals surface area contributed by atoms with Gasteiger partial charge in [0.05, 0.1) is 0 Å². The first-order valence-electron chi connectivity index (χ1n) is 5.50. The number of benzene rings is 2. The minimum atomic E-state index is -0.283. The van der Waals surface area contributed by atoms with Gasteiger partial charge in [0.25, 0.3) is 0 Å². The Hall–Kier alpha value is -1.74. The lowest BCUT2D eigenvalue weighted by Gasteiger charge is -2.20. The fraction of sp³-hybridized carbons (Fsp3) is 0.143. The summed E-state index contributed by atoms with van der Waals surface area (Å²) in [7, 11) is 1.83. The molecule has 0 unspecified atom stereocenters. The normalized spacial score (nSPS) is 10.4. The van der Waals surface area contributed by atoms with Crippen LogP contribution in [0.2, 0.25) is 5.02 Å². The van der Waals surface area contributed by atoms with E-state index < -0.39 is 0 Å². The van der Waals surface area contributed by atoms with Crippen LogP contribution in [0.4, 0.5) is 10.1 Å². The molecule has 2 nitrogen and oxygen atoms in total. The van der Waals surface area contributed by atoms with Crippen molar-refractivity contribution in [1.29, 1.82) is 0 Å². The number of nitrogens with zero attached hydrogens (tertiary/aromatic N) is 1. The van der Waals surface area contributed by atoms with Crippen LogP contribution in [-0.2, 0) is 6.54 Å². The highest BCUT2D eigenvalue weighted by atomic mass is 35.5. The van der Waals surface area contributed by atoms with Crippen LogP contribution in [0.1, 0.15) is 5.56 Å². The number of aromatic hydroxyl groups is 1. The molecule has 1 N–H and O–H groups in total. The maximum Gasteiger partial charge on any atom is 0.125 e. The molecule has 0 aliphatic heterocycles. The molecule has 0 aliphatic rings. The molecule has 0 heterocycles.